The third-order valence-corrected chi connectivity index (χ3v) is 7.36. The number of aromatic nitrogens is 1. The van der Waals surface area contributed by atoms with Crippen LogP contribution in [0.25, 0.3) is 0 Å². The number of hydrogen-bond acceptors (Lipinski definition) is 5. The van der Waals surface area contributed by atoms with E-state index in [1.807, 2.05) is 30.7 Å². The summed E-state index contributed by atoms with van der Waals surface area (Å²) in [5.41, 5.74) is 0.838. The number of amides is 2. The fraction of sp³-hybridized carbons (Fsp3) is 0.762. The molecule has 2 aliphatic heterocycles. The molecule has 1 atom stereocenters. The molecule has 0 aliphatic carbocycles. The van der Waals surface area contributed by atoms with Crippen LogP contribution >= 0.6 is 11.3 Å². The molecule has 0 radical (unpaired) electrons. The summed E-state index contributed by atoms with van der Waals surface area (Å²) in [7, 11) is 4.10. The maximum atomic E-state index is 12.9. The van der Waals surface area contributed by atoms with Crippen molar-refractivity contribution in [2.75, 3.05) is 40.3 Å². The third-order valence-electron chi connectivity index (χ3n) is 6.30. The molecule has 0 N–H and O–H groups in total. The van der Waals surface area contributed by atoms with Crippen molar-refractivity contribution < 1.29 is 9.59 Å². The Bertz CT molecular complexity index is 697. The summed E-state index contributed by atoms with van der Waals surface area (Å²) >= 11 is 1.49. The minimum atomic E-state index is 0.113. The van der Waals surface area contributed by atoms with Gasteiger partial charge in [0.15, 0.2) is 0 Å². The lowest BCUT2D eigenvalue weighted by molar-refractivity contribution is -0.133. The van der Waals surface area contributed by atoms with Crippen molar-refractivity contribution in [3.63, 3.8) is 0 Å². The molecule has 3 rings (SSSR count). The molecule has 1 aromatic rings. The highest BCUT2D eigenvalue weighted by Gasteiger charge is 2.28. The van der Waals surface area contributed by atoms with Gasteiger partial charge < -0.3 is 14.7 Å². The molecule has 0 bridgehead atoms. The fourth-order valence-electron chi connectivity index (χ4n) is 4.45. The van der Waals surface area contributed by atoms with Crippen molar-refractivity contribution in [1.29, 1.82) is 0 Å². The van der Waals surface area contributed by atoms with E-state index >= 15 is 0 Å². The number of nitrogens with zero attached hydrogens (tertiary/aromatic N) is 4. The van der Waals surface area contributed by atoms with E-state index in [4.69, 9.17) is 0 Å². The van der Waals surface area contributed by atoms with E-state index in [9.17, 15) is 9.59 Å². The van der Waals surface area contributed by atoms with Crippen molar-refractivity contribution in [2.45, 2.75) is 58.4 Å². The number of aryl methyl sites for hydroxylation is 2. The fourth-order valence-corrected chi connectivity index (χ4v) is 5.34. The highest BCUT2D eigenvalue weighted by atomic mass is 32.1. The standard InChI is InChI=1S/C21H34N4O2S/c1-15-20(28-16(2)22-15)21(27)25-11-5-6-17(14-25)7-8-19(26)24(4)18-9-12-23(3)13-10-18/h17-18H,5-14H2,1-4H3. The molecule has 1 aromatic heterocycles. The molecule has 0 aromatic carbocycles. The summed E-state index contributed by atoms with van der Waals surface area (Å²) in [5, 5.41) is 0.942. The smallest absolute Gasteiger partial charge is 0.265 e. The number of piperidine rings is 2. The van der Waals surface area contributed by atoms with Gasteiger partial charge in [0.25, 0.3) is 5.91 Å². The molecular formula is C21H34N4O2S. The predicted octanol–water partition coefficient (Wildman–Crippen LogP) is 2.94. The van der Waals surface area contributed by atoms with Crippen LogP contribution in [-0.4, -0.2) is 77.8 Å². The zero-order chi connectivity index (χ0) is 20.3. The molecule has 6 nitrogen and oxygen atoms in total. The SMILES string of the molecule is Cc1nc(C)c(C(=O)N2CCCC(CCC(=O)N(C)C3CCN(C)CC3)C2)s1. The topological polar surface area (TPSA) is 56.8 Å². The summed E-state index contributed by atoms with van der Waals surface area (Å²) in [6.07, 6.45) is 5.73. The van der Waals surface area contributed by atoms with Gasteiger partial charge in [-0.25, -0.2) is 4.98 Å². The van der Waals surface area contributed by atoms with Gasteiger partial charge in [0.2, 0.25) is 5.91 Å². The first-order chi connectivity index (χ1) is 13.3. The largest absolute Gasteiger partial charge is 0.343 e. The molecule has 1 unspecified atom stereocenters. The molecule has 2 fully saturated rings. The molecule has 0 spiro atoms. The van der Waals surface area contributed by atoms with Gasteiger partial charge in [0.1, 0.15) is 4.88 Å². The number of rotatable bonds is 5. The van der Waals surface area contributed by atoms with Gasteiger partial charge >= 0.3 is 0 Å². The van der Waals surface area contributed by atoms with Gasteiger partial charge in [-0.1, -0.05) is 0 Å². The normalized spacial score (nSPS) is 21.7. The minimum Gasteiger partial charge on any atom is -0.343 e. The Balaban J connectivity index is 1.49. The summed E-state index contributed by atoms with van der Waals surface area (Å²) in [6, 6.07) is 0.380. The van der Waals surface area contributed by atoms with Gasteiger partial charge in [-0.15, -0.1) is 11.3 Å². The van der Waals surface area contributed by atoms with Crippen LogP contribution < -0.4 is 0 Å². The van der Waals surface area contributed by atoms with Crippen molar-refractivity contribution >= 4 is 23.2 Å². The number of carbonyl (C=O) groups excluding carboxylic acids is 2. The Morgan fingerprint density at radius 3 is 2.54 bits per heavy atom. The lowest BCUT2D eigenvalue weighted by atomic mass is 9.92. The Labute approximate surface area is 172 Å². The lowest BCUT2D eigenvalue weighted by Gasteiger charge is -2.36. The maximum Gasteiger partial charge on any atom is 0.265 e. The third kappa shape index (κ3) is 5.11. The summed E-state index contributed by atoms with van der Waals surface area (Å²) in [4.78, 5) is 37.0. The summed E-state index contributed by atoms with van der Waals surface area (Å²) in [5.74, 6) is 0.788. The molecule has 0 saturated carbocycles. The molecule has 7 heteroatoms. The van der Waals surface area contributed by atoms with Crippen LogP contribution in [0, 0.1) is 19.8 Å². The number of carbonyl (C=O) groups is 2. The van der Waals surface area contributed by atoms with Crippen LogP contribution in [-0.2, 0) is 4.79 Å². The van der Waals surface area contributed by atoms with Crippen LogP contribution in [0.1, 0.15) is 58.9 Å². The Hall–Kier alpha value is -1.47. The second-order valence-electron chi connectivity index (χ2n) is 8.48. The van der Waals surface area contributed by atoms with Gasteiger partial charge in [-0.05, 0) is 72.0 Å². The highest BCUT2D eigenvalue weighted by molar-refractivity contribution is 7.13. The summed E-state index contributed by atoms with van der Waals surface area (Å²) in [6.45, 7) is 7.57. The van der Waals surface area contributed by atoms with Crippen molar-refractivity contribution in [3.8, 4) is 0 Å². The van der Waals surface area contributed by atoms with Crippen LogP contribution in [0.15, 0.2) is 0 Å². The van der Waals surface area contributed by atoms with Gasteiger partial charge in [-0.2, -0.15) is 0 Å². The van der Waals surface area contributed by atoms with Crippen LogP contribution in [0.3, 0.4) is 0 Å². The molecular weight excluding hydrogens is 372 g/mol. The van der Waals surface area contributed by atoms with E-state index in [-0.39, 0.29) is 11.8 Å². The maximum absolute atomic E-state index is 12.9. The Morgan fingerprint density at radius 2 is 1.89 bits per heavy atom. The predicted molar refractivity (Wildman–Crippen MR) is 113 cm³/mol. The summed E-state index contributed by atoms with van der Waals surface area (Å²) < 4.78 is 0. The van der Waals surface area contributed by atoms with Crippen molar-refractivity contribution in [2.24, 2.45) is 5.92 Å². The zero-order valence-electron chi connectivity index (χ0n) is 17.7. The van der Waals surface area contributed by atoms with Crippen LogP contribution in [0.2, 0.25) is 0 Å². The minimum absolute atomic E-state index is 0.113. The van der Waals surface area contributed by atoms with Crippen LogP contribution in [0.5, 0.6) is 0 Å². The van der Waals surface area contributed by atoms with Gasteiger partial charge in [0, 0.05) is 32.6 Å². The number of thiazole rings is 1. The molecule has 156 valence electrons. The van der Waals surface area contributed by atoms with E-state index in [1.165, 1.54) is 11.3 Å². The average Bonchev–Trinajstić information content (AvgIpc) is 3.03. The Morgan fingerprint density at radius 1 is 1.18 bits per heavy atom. The van der Waals surface area contributed by atoms with E-state index in [0.29, 0.717) is 18.4 Å². The zero-order valence-corrected chi connectivity index (χ0v) is 18.6. The number of likely N-dealkylation sites (tertiary alicyclic amines) is 2. The first-order valence-electron chi connectivity index (χ1n) is 10.5. The molecule has 2 aliphatic rings. The van der Waals surface area contributed by atoms with Crippen molar-refractivity contribution in [1.82, 2.24) is 19.7 Å². The number of hydrogen-bond donors (Lipinski definition) is 0. The second-order valence-corrected chi connectivity index (χ2v) is 9.69. The van der Waals surface area contributed by atoms with E-state index in [0.717, 1.165) is 73.9 Å². The van der Waals surface area contributed by atoms with E-state index < -0.39 is 0 Å². The molecule has 3 heterocycles. The Kier molecular flexibility index (Phi) is 7.10. The molecule has 2 amide bonds. The van der Waals surface area contributed by atoms with E-state index in [2.05, 4.69) is 16.9 Å². The molecule has 2 saturated heterocycles. The average molecular weight is 407 g/mol. The monoisotopic (exact) mass is 406 g/mol. The van der Waals surface area contributed by atoms with Gasteiger partial charge in [-0.3, -0.25) is 9.59 Å². The highest BCUT2D eigenvalue weighted by Crippen LogP contribution is 2.26. The van der Waals surface area contributed by atoms with Crippen molar-refractivity contribution in [3.05, 3.63) is 15.6 Å². The lowest BCUT2D eigenvalue weighted by Crippen LogP contribution is -2.44. The van der Waals surface area contributed by atoms with E-state index in [1.54, 1.807) is 0 Å². The quantitative estimate of drug-likeness (QED) is 0.754. The first kappa shape index (κ1) is 21.2. The van der Waals surface area contributed by atoms with Crippen LogP contribution in [0.4, 0.5) is 0 Å². The second kappa shape index (κ2) is 9.35. The first-order valence-corrected chi connectivity index (χ1v) is 11.3. The van der Waals surface area contributed by atoms with Gasteiger partial charge in [0.05, 0.1) is 10.7 Å². The molecule has 28 heavy (non-hydrogen) atoms.